The molecule has 0 bridgehead atoms. The average molecular weight is 410 g/mol. The Morgan fingerprint density at radius 3 is 3.00 bits per heavy atom. The van der Waals surface area contributed by atoms with E-state index in [4.69, 9.17) is 9.47 Å². The third kappa shape index (κ3) is 3.44. The fourth-order valence-corrected chi connectivity index (χ4v) is 4.22. The molecule has 0 aliphatic carbocycles. The van der Waals surface area contributed by atoms with Crippen LogP contribution in [0.5, 0.6) is 11.5 Å². The van der Waals surface area contributed by atoms with Gasteiger partial charge in [-0.1, -0.05) is 6.07 Å². The first kappa shape index (κ1) is 17.7. The van der Waals surface area contributed by atoms with Crippen molar-refractivity contribution in [3.05, 3.63) is 52.9 Å². The zero-order valence-electron chi connectivity index (χ0n) is 15.4. The summed E-state index contributed by atoms with van der Waals surface area (Å²) in [5, 5.41) is 9.21. The molecule has 0 unspecified atom stereocenters. The standard InChI is InChI=1S/C20H18N4O4S/c25-19-8-13(10-23(19)14-3-4-16-17(9-14)28-12-27-16)20(26)22-18-5-6-21-24(18)11-15-2-1-7-29-15/h1-7,9,13H,8,10-12H2,(H,22,26)/t13-/m1/s1. The second kappa shape index (κ2) is 7.25. The van der Waals surface area contributed by atoms with Gasteiger partial charge >= 0.3 is 0 Å². The smallest absolute Gasteiger partial charge is 0.231 e. The number of ether oxygens (including phenoxy) is 2. The second-order valence-electron chi connectivity index (χ2n) is 6.89. The van der Waals surface area contributed by atoms with Crippen molar-refractivity contribution in [1.82, 2.24) is 9.78 Å². The van der Waals surface area contributed by atoms with Crippen LogP contribution in [0.1, 0.15) is 11.3 Å². The lowest BCUT2D eigenvalue weighted by Gasteiger charge is -2.17. The van der Waals surface area contributed by atoms with Crippen molar-refractivity contribution in [1.29, 1.82) is 0 Å². The van der Waals surface area contributed by atoms with Crippen molar-refractivity contribution >= 4 is 34.7 Å². The van der Waals surface area contributed by atoms with Crippen LogP contribution in [0.15, 0.2) is 48.0 Å². The molecule has 5 rings (SSSR count). The third-order valence-corrected chi connectivity index (χ3v) is 5.88. The Bertz CT molecular complexity index is 1060. The van der Waals surface area contributed by atoms with Crippen LogP contribution in [-0.4, -0.2) is 34.9 Å². The van der Waals surface area contributed by atoms with E-state index in [1.54, 1.807) is 45.3 Å². The number of nitrogens with one attached hydrogen (secondary N) is 1. The summed E-state index contributed by atoms with van der Waals surface area (Å²) in [4.78, 5) is 28.1. The number of nitrogens with zero attached hydrogens (tertiary/aromatic N) is 3. The van der Waals surface area contributed by atoms with Gasteiger partial charge in [-0.3, -0.25) is 9.59 Å². The van der Waals surface area contributed by atoms with Crippen molar-refractivity contribution in [2.24, 2.45) is 5.92 Å². The molecule has 2 aliphatic heterocycles. The van der Waals surface area contributed by atoms with Crippen molar-refractivity contribution in [2.75, 3.05) is 23.6 Å². The highest BCUT2D eigenvalue weighted by Crippen LogP contribution is 2.37. The number of hydrogen-bond donors (Lipinski definition) is 1. The molecule has 1 fully saturated rings. The summed E-state index contributed by atoms with van der Waals surface area (Å²) in [5.74, 6) is 1.19. The predicted octanol–water partition coefficient (Wildman–Crippen LogP) is 2.71. The SMILES string of the molecule is O=C(Nc1ccnn1Cc1cccs1)[C@@H]1CC(=O)N(c2ccc3c(c2)OCO3)C1. The number of amides is 2. The van der Waals surface area contributed by atoms with Gasteiger partial charge in [-0.2, -0.15) is 5.10 Å². The van der Waals surface area contributed by atoms with E-state index < -0.39 is 5.92 Å². The molecule has 148 valence electrons. The summed E-state index contributed by atoms with van der Waals surface area (Å²) in [6.45, 7) is 1.09. The number of fused-ring (bicyclic) bond motifs is 1. The molecular weight excluding hydrogens is 392 g/mol. The molecule has 0 spiro atoms. The number of rotatable bonds is 5. The van der Waals surface area contributed by atoms with Crippen molar-refractivity contribution in [3.63, 3.8) is 0 Å². The molecule has 8 nitrogen and oxygen atoms in total. The van der Waals surface area contributed by atoms with Crippen molar-refractivity contribution < 1.29 is 19.1 Å². The van der Waals surface area contributed by atoms with E-state index in [-0.39, 0.29) is 25.0 Å². The van der Waals surface area contributed by atoms with Crippen LogP contribution in [-0.2, 0) is 16.1 Å². The zero-order valence-corrected chi connectivity index (χ0v) is 16.2. The van der Waals surface area contributed by atoms with Gasteiger partial charge in [0.1, 0.15) is 5.82 Å². The average Bonchev–Trinajstić information content (AvgIpc) is 3.49. The Labute approximate surface area is 170 Å². The van der Waals surface area contributed by atoms with Gasteiger partial charge in [0.2, 0.25) is 18.6 Å². The molecule has 1 aromatic carbocycles. The minimum Gasteiger partial charge on any atom is -0.454 e. The first-order valence-corrected chi connectivity index (χ1v) is 10.1. The van der Waals surface area contributed by atoms with E-state index in [2.05, 4.69) is 10.4 Å². The molecule has 4 heterocycles. The second-order valence-corrected chi connectivity index (χ2v) is 7.92. The summed E-state index contributed by atoms with van der Waals surface area (Å²) in [6.07, 6.45) is 1.82. The fourth-order valence-electron chi connectivity index (χ4n) is 3.53. The van der Waals surface area contributed by atoms with E-state index in [1.165, 1.54) is 0 Å². The lowest BCUT2D eigenvalue weighted by atomic mass is 10.1. The zero-order chi connectivity index (χ0) is 19.8. The normalized spacial score (nSPS) is 17.7. The number of benzene rings is 1. The topological polar surface area (TPSA) is 85.7 Å². The summed E-state index contributed by atoms with van der Waals surface area (Å²) < 4.78 is 12.4. The number of carbonyl (C=O) groups is 2. The summed E-state index contributed by atoms with van der Waals surface area (Å²) >= 11 is 1.64. The molecule has 1 saturated heterocycles. The van der Waals surface area contributed by atoms with Gasteiger partial charge in [-0.25, -0.2) is 4.68 Å². The van der Waals surface area contributed by atoms with Crippen LogP contribution in [0.4, 0.5) is 11.5 Å². The Hall–Kier alpha value is -3.33. The molecule has 0 radical (unpaired) electrons. The molecule has 1 N–H and O–H groups in total. The highest BCUT2D eigenvalue weighted by molar-refractivity contribution is 7.09. The van der Waals surface area contributed by atoms with Crippen LogP contribution in [0.25, 0.3) is 0 Å². The van der Waals surface area contributed by atoms with Gasteiger partial charge in [0.15, 0.2) is 11.5 Å². The number of carbonyl (C=O) groups excluding carboxylic acids is 2. The number of hydrogen-bond acceptors (Lipinski definition) is 6. The van der Waals surface area contributed by atoms with E-state index in [1.807, 2.05) is 23.6 Å². The Morgan fingerprint density at radius 1 is 1.24 bits per heavy atom. The number of thiophene rings is 1. The van der Waals surface area contributed by atoms with Gasteiger partial charge in [-0.15, -0.1) is 11.3 Å². The van der Waals surface area contributed by atoms with Crippen LogP contribution in [0.3, 0.4) is 0 Å². The largest absolute Gasteiger partial charge is 0.454 e. The van der Waals surface area contributed by atoms with Crippen LogP contribution >= 0.6 is 11.3 Å². The highest BCUT2D eigenvalue weighted by atomic mass is 32.1. The molecule has 2 aromatic heterocycles. The monoisotopic (exact) mass is 410 g/mol. The molecule has 29 heavy (non-hydrogen) atoms. The first-order valence-electron chi connectivity index (χ1n) is 9.22. The molecule has 9 heteroatoms. The Balaban J connectivity index is 1.27. The predicted molar refractivity (Wildman–Crippen MR) is 107 cm³/mol. The lowest BCUT2D eigenvalue weighted by Crippen LogP contribution is -2.28. The maximum atomic E-state index is 12.8. The minimum absolute atomic E-state index is 0.0869. The molecule has 0 saturated carbocycles. The molecule has 1 atom stereocenters. The Morgan fingerprint density at radius 2 is 2.14 bits per heavy atom. The molecule has 3 aromatic rings. The Kier molecular flexibility index (Phi) is 4.44. The van der Waals surface area contributed by atoms with E-state index in [0.717, 1.165) is 4.88 Å². The van der Waals surface area contributed by atoms with E-state index in [9.17, 15) is 9.59 Å². The van der Waals surface area contributed by atoms with Gasteiger partial charge in [0.05, 0.1) is 18.7 Å². The van der Waals surface area contributed by atoms with E-state index >= 15 is 0 Å². The van der Waals surface area contributed by atoms with Crippen LogP contribution in [0, 0.1) is 5.92 Å². The lowest BCUT2D eigenvalue weighted by molar-refractivity contribution is -0.122. The van der Waals surface area contributed by atoms with Gasteiger partial charge in [0.25, 0.3) is 0 Å². The van der Waals surface area contributed by atoms with Crippen molar-refractivity contribution in [3.8, 4) is 11.5 Å². The minimum atomic E-state index is -0.432. The highest BCUT2D eigenvalue weighted by Gasteiger charge is 2.36. The first-order chi connectivity index (χ1) is 14.2. The summed E-state index contributed by atoms with van der Waals surface area (Å²) in [5.41, 5.74) is 0.706. The van der Waals surface area contributed by atoms with Gasteiger partial charge in [-0.05, 0) is 23.6 Å². The molecule has 2 amide bonds. The number of anilines is 2. The maximum absolute atomic E-state index is 12.8. The fraction of sp³-hybridized carbons (Fsp3) is 0.250. The molecular formula is C20H18N4O4S. The summed E-state index contributed by atoms with van der Waals surface area (Å²) in [6, 6.07) is 11.1. The van der Waals surface area contributed by atoms with Crippen molar-refractivity contribution in [2.45, 2.75) is 13.0 Å². The molecule has 2 aliphatic rings. The third-order valence-electron chi connectivity index (χ3n) is 5.02. The maximum Gasteiger partial charge on any atom is 0.231 e. The van der Waals surface area contributed by atoms with Crippen LogP contribution < -0.4 is 19.7 Å². The summed E-state index contributed by atoms with van der Waals surface area (Å²) in [7, 11) is 0. The quantitative estimate of drug-likeness (QED) is 0.699. The van der Waals surface area contributed by atoms with E-state index in [0.29, 0.717) is 36.1 Å². The number of aromatic nitrogens is 2. The van der Waals surface area contributed by atoms with Gasteiger partial charge < -0.3 is 19.7 Å². The van der Waals surface area contributed by atoms with Crippen LogP contribution in [0.2, 0.25) is 0 Å². The van der Waals surface area contributed by atoms with Gasteiger partial charge in [0, 0.05) is 35.7 Å².